The maximum Gasteiger partial charge on any atom is 0.267 e. The number of hydrogen-bond acceptors (Lipinski definition) is 5. The Kier molecular flexibility index (Phi) is 6.48. The molecule has 0 unspecified atom stereocenters. The minimum Gasteiger partial charge on any atom is -0.495 e. The van der Waals surface area contributed by atoms with Crippen LogP contribution >= 0.6 is 11.6 Å². The number of anilines is 2. The van der Waals surface area contributed by atoms with E-state index < -0.39 is 11.5 Å². The molecule has 0 saturated heterocycles. The van der Waals surface area contributed by atoms with Gasteiger partial charge in [0.25, 0.3) is 5.56 Å². The highest BCUT2D eigenvalue weighted by molar-refractivity contribution is 6.30. The molecule has 1 heterocycles. The van der Waals surface area contributed by atoms with Gasteiger partial charge in [0.05, 0.1) is 18.5 Å². The number of amides is 2. The van der Waals surface area contributed by atoms with E-state index in [0.29, 0.717) is 27.8 Å². The second kappa shape index (κ2) is 9.23. The van der Waals surface area contributed by atoms with Gasteiger partial charge in [-0.05, 0) is 36.4 Å². The predicted molar refractivity (Wildman–Crippen MR) is 115 cm³/mol. The quantitative estimate of drug-likeness (QED) is 0.630. The van der Waals surface area contributed by atoms with E-state index in [9.17, 15) is 14.4 Å². The van der Waals surface area contributed by atoms with Crippen molar-refractivity contribution in [2.75, 3.05) is 17.7 Å². The van der Waals surface area contributed by atoms with Crippen LogP contribution in [0.3, 0.4) is 0 Å². The molecular weight excluding hydrogens is 408 g/mol. The second-order valence-corrected chi connectivity index (χ2v) is 6.80. The third kappa shape index (κ3) is 5.24. The number of carbonyl (C=O) groups excluding carboxylic acids is 2. The van der Waals surface area contributed by atoms with Crippen LogP contribution in [0.1, 0.15) is 6.92 Å². The molecule has 0 spiro atoms. The van der Waals surface area contributed by atoms with Crippen molar-refractivity contribution in [2.45, 2.75) is 13.5 Å². The largest absolute Gasteiger partial charge is 0.495 e. The summed E-state index contributed by atoms with van der Waals surface area (Å²) in [5.41, 5.74) is 1.73. The van der Waals surface area contributed by atoms with Crippen LogP contribution in [-0.2, 0) is 16.1 Å². The van der Waals surface area contributed by atoms with Gasteiger partial charge in [0.1, 0.15) is 12.3 Å². The number of ether oxygens (including phenoxy) is 1. The number of carbonyl (C=O) groups is 2. The molecule has 0 bridgehead atoms. The second-order valence-electron chi connectivity index (χ2n) is 6.37. The first-order chi connectivity index (χ1) is 14.4. The summed E-state index contributed by atoms with van der Waals surface area (Å²) in [4.78, 5) is 36.0. The lowest BCUT2D eigenvalue weighted by atomic mass is 10.1. The van der Waals surface area contributed by atoms with Gasteiger partial charge in [-0.25, -0.2) is 4.68 Å². The Labute approximate surface area is 177 Å². The van der Waals surface area contributed by atoms with Crippen LogP contribution in [0.2, 0.25) is 5.02 Å². The van der Waals surface area contributed by atoms with Crippen LogP contribution in [-0.4, -0.2) is 28.7 Å². The minimum absolute atomic E-state index is 0.243. The number of aromatic nitrogens is 2. The number of nitrogens with zero attached hydrogens (tertiary/aromatic N) is 2. The molecule has 0 atom stereocenters. The third-order valence-corrected chi connectivity index (χ3v) is 4.35. The first-order valence-electron chi connectivity index (χ1n) is 8.95. The lowest BCUT2D eigenvalue weighted by Gasteiger charge is -2.13. The molecule has 154 valence electrons. The van der Waals surface area contributed by atoms with Crippen molar-refractivity contribution in [1.29, 1.82) is 0 Å². The number of halogens is 1. The summed E-state index contributed by atoms with van der Waals surface area (Å²) in [5, 5.41) is 10.2. The summed E-state index contributed by atoms with van der Waals surface area (Å²) >= 11 is 5.90. The van der Waals surface area contributed by atoms with Crippen molar-refractivity contribution < 1.29 is 14.3 Å². The average molecular weight is 427 g/mol. The van der Waals surface area contributed by atoms with Crippen molar-refractivity contribution in [2.24, 2.45) is 0 Å². The number of nitrogens with one attached hydrogen (secondary N) is 2. The summed E-state index contributed by atoms with van der Waals surface area (Å²) in [7, 11) is 1.46. The van der Waals surface area contributed by atoms with Gasteiger partial charge in [-0.15, -0.1) is 0 Å². The summed E-state index contributed by atoms with van der Waals surface area (Å²) in [6.07, 6.45) is 0. The van der Waals surface area contributed by atoms with Crippen molar-refractivity contribution in [3.63, 3.8) is 0 Å². The molecule has 2 N–H and O–H groups in total. The first-order valence-corrected chi connectivity index (χ1v) is 9.33. The van der Waals surface area contributed by atoms with Gasteiger partial charge in [0.2, 0.25) is 11.8 Å². The van der Waals surface area contributed by atoms with Crippen molar-refractivity contribution in [3.05, 3.63) is 70.0 Å². The Morgan fingerprint density at radius 2 is 1.80 bits per heavy atom. The van der Waals surface area contributed by atoms with E-state index in [2.05, 4.69) is 15.7 Å². The van der Waals surface area contributed by atoms with E-state index in [0.717, 1.165) is 10.2 Å². The fourth-order valence-corrected chi connectivity index (χ4v) is 2.88. The summed E-state index contributed by atoms with van der Waals surface area (Å²) < 4.78 is 6.32. The highest BCUT2D eigenvalue weighted by atomic mass is 35.5. The van der Waals surface area contributed by atoms with E-state index in [1.54, 1.807) is 48.5 Å². The summed E-state index contributed by atoms with van der Waals surface area (Å²) in [5.74, 6) is -0.309. The smallest absolute Gasteiger partial charge is 0.267 e. The highest BCUT2D eigenvalue weighted by Crippen LogP contribution is 2.28. The lowest BCUT2D eigenvalue weighted by molar-refractivity contribution is -0.117. The molecule has 2 aromatic carbocycles. The Hall–Kier alpha value is -3.65. The molecule has 3 rings (SSSR count). The molecule has 0 aliphatic carbocycles. The average Bonchev–Trinajstić information content (AvgIpc) is 2.70. The Morgan fingerprint density at radius 1 is 1.07 bits per heavy atom. The molecule has 0 aliphatic rings. The van der Waals surface area contributed by atoms with Crippen LogP contribution in [0.5, 0.6) is 5.75 Å². The van der Waals surface area contributed by atoms with Crippen molar-refractivity contribution in [3.8, 4) is 17.0 Å². The van der Waals surface area contributed by atoms with Gasteiger partial charge in [0.15, 0.2) is 0 Å². The monoisotopic (exact) mass is 426 g/mol. The van der Waals surface area contributed by atoms with E-state index in [-0.39, 0.29) is 12.5 Å². The van der Waals surface area contributed by atoms with E-state index >= 15 is 0 Å². The van der Waals surface area contributed by atoms with Crippen LogP contribution in [0.4, 0.5) is 11.4 Å². The zero-order valence-corrected chi connectivity index (χ0v) is 17.1. The number of rotatable bonds is 6. The fraction of sp³-hybridized carbons (Fsp3) is 0.143. The fourth-order valence-electron chi connectivity index (χ4n) is 2.75. The normalized spacial score (nSPS) is 10.4. The summed E-state index contributed by atoms with van der Waals surface area (Å²) in [6, 6.07) is 14.8. The van der Waals surface area contributed by atoms with Crippen LogP contribution < -0.4 is 20.9 Å². The van der Waals surface area contributed by atoms with E-state index in [1.807, 2.05) is 0 Å². The maximum absolute atomic E-state index is 12.6. The Morgan fingerprint density at radius 3 is 2.47 bits per heavy atom. The standard InChI is InChI=1S/C21H19ClN4O4/c1-13(27)23-16-7-9-19(30-2)18(11-16)24-20(28)12-26-21(29)10-8-17(25-26)14-3-5-15(22)6-4-14/h3-11H,12H2,1-2H3,(H,23,27)(H,24,28). The van der Waals surface area contributed by atoms with Gasteiger partial charge in [-0.1, -0.05) is 23.7 Å². The number of hydrogen-bond donors (Lipinski definition) is 2. The molecule has 0 radical (unpaired) electrons. The van der Waals surface area contributed by atoms with Gasteiger partial charge < -0.3 is 15.4 Å². The van der Waals surface area contributed by atoms with Gasteiger partial charge in [-0.3, -0.25) is 14.4 Å². The van der Waals surface area contributed by atoms with Crippen LogP contribution in [0.25, 0.3) is 11.3 Å². The molecule has 3 aromatic rings. The summed E-state index contributed by atoms with van der Waals surface area (Å²) in [6.45, 7) is 1.09. The topological polar surface area (TPSA) is 102 Å². The van der Waals surface area contributed by atoms with Gasteiger partial charge >= 0.3 is 0 Å². The molecule has 2 amide bonds. The van der Waals surface area contributed by atoms with Crippen LogP contribution in [0.15, 0.2) is 59.4 Å². The molecule has 30 heavy (non-hydrogen) atoms. The SMILES string of the molecule is COc1ccc(NC(C)=O)cc1NC(=O)Cn1nc(-c2ccc(Cl)cc2)ccc1=O. The zero-order valence-electron chi connectivity index (χ0n) is 16.3. The van der Waals surface area contributed by atoms with E-state index in [4.69, 9.17) is 16.3 Å². The lowest BCUT2D eigenvalue weighted by Crippen LogP contribution is -2.29. The third-order valence-electron chi connectivity index (χ3n) is 4.09. The number of benzene rings is 2. The van der Waals surface area contributed by atoms with Crippen molar-refractivity contribution >= 4 is 34.8 Å². The minimum atomic E-state index is -0.476. The molecule has 1 aromatic heterocycles. The first kappa shape index (κ1) is 21.1. The van der Waals surface area contributed by atoms with Crippen LogP contribution in [0, 0.1) is 0 Å². The Balaban J connectivity index is 1.81. The molecular formula is C21H19ClN4O4. The molecule has 8 nitrogen and oxygen atoms in total. The van der Waals surface area contributed by atoms with Gasteiger partial charge in [0, 0.05) is 29.3 Å². The highest BCUT2D eigenvalue weighted by Gasteiger charge is 2.12. The predicted octanol–water partition coefficient (Wildman–Crippen LogP) is 3.17. The van der Waals surface area contributed by atoms with E-state index in [1.165, 1.54) is 20.1 Å². The molecule has 9 heteroatoms. The van der Waals surface area contributed by atoms with Crippen molar-refractivity contribution in [1.82, 2.24) is 9.78 Å². The molecule has 0 fully saturated rings. The molecule has 0 saturated carbocycles. The number of methoxy groups -OCH3 is 1. The van der Waals surface area contributed by atoms with Gasteiger partial charge in [-0.2, -0.15) is 5.10 Å². The Bertz CT molecular complexity index is 1140. The molecule has 0 aliphatic heterocycles. The maximum atomic E-state index is 12.6. The zero-order chi connectivity index (χ0) is 21.7.